The van der Waals surface area contributed by atoms with E-state index in [1.54, 1.807) is 18.2 Å². The fourth-order valence-electron chi connectivity index (χ4n) is 1.97. The van der Waals surface area contributed by atoms with E-state index in [1.165, 1.54) is 0 Å². The third-order valence-electron chi connectivity index (χ3n) is 2.77. The smallest absolute Gasteiger partial charge is 0.145 e. The Balaban J connectivity index is 2.35. The van der Waals surface area contributed by atoms with Gasteiger partial charge in [0.1, 0.15) is 17.6 Å². The van der Waals surface area contributed by atoms with E-state index in [2.05, 4.69) is 12.1 Å². The van der Waals surface area contributed by atoms with Gasteiger partial charge in [0.05, 0.1) is 12.2 Å². The molecule has 3 heteroatoms. The molecular formula is C16H15NO2. The summed E-state index contributed by atoms with van der Waals surface area (Å²) in [6, 6.07) is 13.1. The highest BCUT2D eigenvalue weighted by molar-refractivity contribution is 5.48. The molecule has 0 bridgehead atoms. The molecule has 0 aliphatic carbocycles. The van der Waals surface area contributed by atoms with Gasteiger partial charge in [-0.1, -0.05) is 12.1 Å². The van der Waals surface area contributed by atoms with E-state index in [0.29, 0.717) is 22.6 Å². The molecule has 2 aromatic carbocycles. The molecule has 0 saturated carbocycles. The first-order valence-electron chi connectivity index (χ1n) is 6.02. The zero-order valence-corrected chi connectivity index (χ0v) is 11.0. The van der Waals surface area contributed by atoms with Crippen molar-refractivity contribution in [3.8, 4) is 17.6 Å². The zero-order chi connectivity index (χ0) is 13.8. The van der Waals surface area contributed by atoms with E-state index in [0.717, 1.165) is 11.1 Å². The summed E-state index contributed by atoms with van der Waals surface area (Å²) in [5.41, 5.74) is 3.34. The molecule has 2 rings (SSSR count). The van der Waals surface area contributed by atoms with Gasteiger partial charge >= 0.3 is 0 Å². The molecule has 2 aromatic rings. The van der Waals surface area contributed by atoms with Crippen LogP contribution in [0.4, 0.5) is 0 Å². The van der Waals surface area contributed by atoms with Gasteiger partial charge in [0.2, 0.25) is 0 Å². The predicted molar refractivity (Wildman–Crippen MR) is 73.1 cm³/mol. The van der Waals surface area contributed by atoms with Gasteiger partial charge in [0.25, 0.3) is 0 Å². The molecule has 0 spiro atoms. The number of aliphatic hydroxyl groups is 1. The van der Waals surface area contributed by atoms with Gasteiger partial charge in [-0.05, 0) is 54.8 Å². The summed E-state index contributed by atoms with van der Waals surface area (Å²) in [7, 11) is 0. The van der Waals surface area contributed by atoms with Crippen molar-refractivity contribution in [2.75, 3.05) is 0 Å². The number of rotatable bonds is 3. The van der Waals surface area contributed by atoms with Crippen molar-refractivity contribution in [1.29, 1.82) is 5.26 Å². The van der Waals surface area contributed by atoms with Crippen LogP contribution in [0.5, 0.6) is 11.5 Å². The SMILES string of the molecule is Cc1cc(C)cc(Oc2ccc(CO)cc2C#N)c1. The highest BCUT2D eigenvalue weighted by atomic mass is 16.5. The van der Waals surface area contributed by atoms with Crippen molar-refractivity contribution in [2.24, 2.45) is 0 Å². The quantitative estimate of drug-likeness (QED) is 0.911. The van der Waals surface area contributed by atoms with E-state index in [4.69, 9.17) is 15.1 Å². The first kappa shape index (κ1) is 13.1. The van der Waals surface area contributed by atoms with E-state index in [-0.39, 0.29) is 6.61 Å². The van der Waals surface area contributed by atoms with E-state index in [9.17, 15) is 0 Å². The number of aliphatic hydroxyl groups excluding tert-OH is 1. The number of hydrogen-bond donors (Lipinski definition) is 1. The second kappa shape index (κ2) is 5.55. The molecule has 1 N–H and O–H groups in total. The zero-order valence-electron chi connectivity index (χ0n) is 11.0. The first-order chi connectivity index (χ1) is 9.12. The van der Waals surface area contributed by atoms with Gasteiger partial charge < -0.3 is 9.84 Å². The topological polar surface area (TPSA) is 53.2 Å². The van der Waals surface area contributed by atoms with Crippen LogP contribution in [0, 0.1) is 25.2 Å². The number of benzene rings is 2. The van der Waals surface area contributed by atoms with Gasteiger partial charge in [-0.2, -0.15) is 5.26 Å². The van der Waals surface area contributed by atoms with Crippen LogP contribution >= 0.6 is 0 Å². The molecule has 0 aromatic heterocycles. The van der Waals surface area contributed by atoms with Crippen LogP contribution in [0.15, 0.2) is 36.4 Å². The Morgan fingerprint density at radius 3 is 2.37 bits per heavy atom. The molecule has 0 atom stereocenters. The van der Waals surface area contributed by atoms with Crippen molar-refractivity contribution in [2.45, 2.75) is 20.5 Å². The lowest BCUT2D eigenvalue weighted by Crippen LogP contribution is -1.92. The number of nitriles is 1. The molecule has 96 valence electrons. The average molecular weight is 253 g/mol. The Morgan fingerprint density at radius 2 is 1.79 bits per heavy atom. The lowest BCUT2D eigenvalue weighted by Gasteiger charge is -2.10. The summed E-state index contributed by atoms with van der Waals surface area (Å²) < 4.78 is 5.76. The molecule has 0 fully saturated rings. The molecule has 0 aliphatic rings. The maximum atomic E-state index is 9.11. The summed E-state index contributed by atoms with van der Waals surface area (Å²) >= 11 is 0. The second-order valence-corrected chi connectivity index (χ2v) is 4.53. The van der Waals surface area contributed by atoms with Crippen LogP contribution < -0.4 is 4.74 Å². The summed E-state index contributed by atoms with van der Waals surface area (Å²) in [5.74, 6) is 1.22. The average Bonchev–Trinajstić information content (AvgIpc) is 2.38. The van der Waals surface area contributed by atoms with E-state index < -0.39 is 0 Å². The minimum Gasteiger partial charge on any atom is -0.456 e. The third kappa shape index (κ3) is 3.12. The Kier molecular flexibility index (Phi) is 3.84. The summed E-state index contributed by atoms with van der Waals surface area (Å²) in [6.45, 7) is 3.92. The minimum absolute atomic E-state index is 0.0848. The van der Waals surface area contributed by atoms with Gasteiger partial charge in [0, 0.05) is 0 Å². The number of hydrogen-bond acceptors (Lipinski definition) is 3. The minimum atomic E-state index is -0.0848. The fraction of sp³-hybridized carbons (Fsp3) is 0.188. The Labute approximate surface area is 112 Å². The first-order valence-corrected chi connectivity index (χ1v) is 6.02. The Morgan fingerprint density at radius 1 is 1.11 bits per heavy atom. The van der Waals surface area contributed by atoms with Gasteiger partial charge in [-0.25, -0.2) is 0 Å². The normalized spacial score (nSPS) is 10.0. The highest BCUT2D eigenvalue weighted by Gasteiger charge is 2.06. The van der Waals surface area contributed by atoms with Crippen molar-refractivity contribution in [3.05, 3.63) is 58.7 Å². The maximum absolute atomic E-state index is 9.11. The molecule has 0 amide bonds. The lowest BCUT2D eigenvalue weighted by atomic mass is 10.1. The standard InChI is InChI=1S/C16H15NO2/c1-11-5-12(2)7-15(6-11)19-16-4-3-13(10-18)8-14(16)9-17/h3-8,18H,10H2,1-2H3. The molecule has 0 unspecified atom stereocenters. The number of nitrogens with zero attached hydrogens (tertiary/aromatic N) is 1. The van der Waals surface area contributed by atoms with Crippen molar-refractivity contribution in [3.63, 3.8) is 0 Å². The van der Waals surface area contributed by atoms with E-state index >= 15 is 0 Å². The van der Waals surface area contributed by atoms with Crippen molar-refractivity contribution in [1.82, 2.24) is 0 Å². The van der Waals surface area contributed by atoms with Crippen LogP contribution in [-0.2, 0) is 6.61 Å². The molecule has 0 aliphatic heterocycles. The molecule has 0 radical (unpaired) electrons. The van der Waals surface area contributed by atoms with E-state index in [1.807, 2.05) is 26.0 Å². The molecule has 0 heterocycles. The lowest BCUT2D eigenvalue weighted by molar-refractivity contribution is 0.281. The van der Waals surface area contributed by atoms with Crippen molar-refractivity contribution < 1.29 is 9.84 Å². The molecular weight excluding hydrogens is 238 g/mol. The van der Waals surface area contributed by atoms with Crippen LogP contribution in [-0.4, -0.2) is 5.11 Å². The summed E-state index contributed by atoms with van der Waals surface area (Å²) in [6.07, 6.45) is 0. The number of ether oxygens (including phenoxy) is 1. The Bertz CT molecular complexity index is 621. The van der Waals surface area contributed by atoms with Crippen LogP contribution in [0.1, 0.15) is 22.3 Å². The molecule has 0 saturated heterocycles. The largest absolute Gasteiger partial charge is 0.456 e. The molecule has 3 nitrogen and oxygen atoms in total. The Hall–Kier alpha value is -2.31. The fourth-order valence-corrected chi connectivity index (χ4v) is 1.97. The van der Waals surface area contributed by atoms with Crippen LogP contribution in [0.3, 0.4) is 0 Å². The van der Waals surface area contributed by atoms with Crippen molar-refractivity contribution >= 4 is 0 Å². The monoisotopic (exact) mass is 253 g/mol. The number of aryl methyl sites for hydroxylation is 2. The van der Waals surface area contributed by atoms with Crippen LogP contribution in [0.2, 0.25) is 0 Å². The summed E-state index contributed by atoms with van der Waals surface area (Å²) in [4.78, 5) is 0. The summed E-state index contributed by atoms with van der Waals surface area (Å²) in [5, 5.41) is 18.2. The molecule has 19 heavy (non-hydrogen) atoms. The van der Waals surface area contributed by atoms with Gasteiger partial charge in [0.15, 0.2) is 0 Å². The van der Waals surface area contributed by atoms with Gasteiger partial charge in [-0.15, -0.1) is 0 Å². The second-order valence-electron chi connectivity index (χ2n) is 4.53. The van der Waals surface area contributed by atoms with Gasteiger partial charge in [-0.3, -0.25) is 0 Å². The maximum Gasteiger partial charge on any atom is 0.145 e. The predicted octanol–water partition coefficient (Wildman–Crippen LogP) is 3.46. The highest BCUT2D eigenvalue weighted by Crippen LogP contribution is 2.27. The third-order valence-corrected chi connectivity index (χ3v) is 2.77. The van der Waals surface area contributed by atoms with Crippen LogP contribution in [0.25, 0.3) is 0 Å².